The molecular weight excluding hydrogens is 312 g/mol. The number of nitrogens with one attached hydrogen (secondary N) is 2. The van der Waals surface area contributed by atoms with Crippen LogP contribution in [0.4, 0.5) is 0 Å². The largest absolute Gasteiger partial charge is 0.496 e. The van der Waals surface area contributed by atoms with Crippen LogP contribution in [-0.2, 0) is 11.3 Å². The van der Waals surface area contributed by atoms with Crippen LogP contribution in [-0.4, -0.2) is 25.6 Å². The summed E-state index contributed by atoms with van der Waals surface area (Å²) < 4.78 is 5.42. The van der Waals surface area contributed by atoms with Crippen molar-refractivity contribution in [2.45, 2.75) is 39.3 Å². The van der Waals surface area contributed by atoms with Crippen LogP contribution in [0.5, 0.6) is 5.75 Å². The standard InChI is InChI=1S/C21H28N2O2/c1-4-16(2)23-21(24)13-14-22-15-17-9-11-18(12-10-17)19-7-5-6-8-20(19)25-3/h5-12,16,22H,4,13-15H2,1-3H3,(H,23,24). The molecule has 2 aromatic carbocycles. The Hall–Kier alpha value is -2.33. The normalized spacial score (nSPS) is 11.8. The molecule has 2 N–H and O–H groups in total. The van der Waals surface area contributed by atoms with Gasteiger partial charge in [-0.05, 0) is 30.5 Å². The third-order valence-corrected chi connectivity index (χ3v) is 4.25. The summed E-state index contributed by atoms with van der Waals surface area (Å²) in [6, 6.07) is 16.7. The van der Waals surface area contributed by atoms with Crippen LogP contribution in [0.15, 0.2) is 48.5 Å². The monoisotopic (exact) mass is 340 g/mol. The van der Waals surface area contributed by atoms with Gasteiger partial charge >= 0.3 is 0 Å². The van der Waals surface area contributed by atoms with E-state index >= 15 is 0 Å². The van der Waals surface area contributed by atoms with Gasteiger partial charge in [0.05, 0.1) is 7.11 Å². The lowest BCUT2D eigenvalue weighted by atomic mass is 10.0. The first-order valence-electron chi connectivity index (χ1n) is 8.86. The molecule has 25 heavy (non-hydrogen) atoms. The lowest BCUT2D eigenvalue weighted by Gasteiger charge is -2.12. The van der Waals surface area contributed by atoms with Crippen LogP contribution >= 0.6 is 0 Å². The van der Waals surface area contributed by atoms with Crippen molar-refractivity contribution in [1.29, 1.82) is 0 Å². The highest BCUT2D eigenvalue weighted by Crippen LogP contribution is 2.29. The fourth-order valence-corrected chi connectivity index (χ4v) is 2.57. The molecule has 0 radical (unpaired) electrons. The van der Waals surface area contributed by atoms with E-state index in [4.69, 9.17) is 4.74 Å². The van der Waals surface area contributed by atoms with Gasteiger partial charge in [-0.3, -0.25) is 4.79 Å². The molecule has 0 aliphatic rings. The zero-order valence-corrected chi connectivity index (χ0v) is 15.3. The zero-order chi connectivity index (χ0) is 18.1. The minimum absolute atomic E-state index is 0.105. The second-order valence-electron chi connectivity index (χ2n) is 6.20. The van der Waals surface area contributed by atoms with Gasteiger partial charge in [0.25, 0.3) is 0 Å². The van der Waals surface area contributed by atoms with E-state index in [0.29, 0.717) is 13.0 Å². The first kappa shape index (κ1) is 19.0. The van der Waals surface area contributed by atoms with Gasteiger partial charge in [-0.15, -0.1) is 0 Å². The third kappa shape index (κ3) is 5.91. The SMILES string of the molecule is CCC(C)NC(=O)CCNCc1ccc(-c2ccccc2OC)cc1. The minimum atomic E-state index is 0.105. The lowest BCUT2D eigenvalue weighted by Crippen LogP contribution is -2.33. The third-order valence-electron chi connectivity index (χ3n) is 4.25. The molecule has 0 spiro atoms. The molecule has 1 unspecified atom stereocenters. The number of carbonyl (C=O) groups is 1. The van der Waals surface area contributed by atoms with Gasteiger partial charge in [0, 0.05) is 31.1 Å². The van der Waals surface area contributed by atoms with Gasteiger partial charge in [-0.1, -0.05) is 49.4 Å². The maximum atomic E-state index is 11.7. The first-order chi connectivity index (χ1) is 12.1. The van der Waals surface area contributed by atoms with Crippen LogP contribution in [0.25, 0.3) is 11.1 Å². The van der Waals surface area contributed by atoms with E-state index in [-0.39, 0.29) is 11.9 Å². The van der Waals surface area contributed by atoms with E-state index in [2.05, 4.69) is 47.9 Å². The number of benzene rings is 2. The molecule has 0 saturated carbocycles. The molecule has 134 valence electrons. The number of carbonyl (C=O) groups excluding carboxylic acids is 1. The summed E-state index contributed by atoms with van der Waals surface area (Å²) >= 11 is 0. The average molecular weight is 340 g/mol. The number of hydrogen-bond donors (Lipinski definition) is 2. The van der Waals surface area contributed by atoms with Crippen LogP contribution in [0.1, 0.15) is 32.3 Å². The predicted octanol–water partition coefficient (Wildman–Crippen LogP) is 3.76. The van der Waals surface area contributed by atoms with Gasteiger partial charge in [0.15, 0.2) is 0 Å². The molecule has 2 aromatic rings. The summed E-state index contributed by atoms with van der Waals surface area (Å²) in [5.74, 6) is 0.981. The molecular formula is C21H28N2O2. The number of ether oxygens (including phenoxy) is 1. The Bertz CT molecular complexity index is 668. The van der Waals surface area contributed by atoms with E-state index in [0.717, 1.165) is 29.8 Å². The summed E-state index contributed by atoms with van der Waals surface area (Å²) in [6.45, 7) is 5.52. The Morgan fingerprint density at radius 1 is 1.12 bits per heavy atom. The first-order valence-corrected chi connectivity index (χ1v) is 8.86. The minimum Gasteiger partial charge on any atom is -0.496 e. The van der Waals surface area contributed by atoms with E-state index in [1.807, 2.05) is 25.1 Å². The molecule has 0 saturated heterocycles. The van der Waals surface area contributed by atoms with Gasteiger partial charge in [-0.2, -0.15) is 0 Å². The smallest absolute Gasteiger partial charge is 0.221 e. The van der Waals surface area contributed by atoms with E-state index < -0.39 is 0 Å². The molecule has 0 heterocycles. The van der Waals surface area contributed by atoms with Crippen LogP contribution in [0.3, 0.4) is 0 Å². The van der Waals surface area contributed by atoms with Crippen molar-refractivity contribution >= 4 is 5.91 Å². The number of hydrogen-bond acceptors (Lipinski definition) is 3. The van der Waals surface area contributed by atoms with Crippen molar-refractivity contribution in [3.8, 4) is 16.9 Å². The Kier molecular flexibility index (Phi) is 7.48. The topological polar surface area (TPSA) is 50.4 Å². The highest BCUT2D eigenvalue weighted by atomic mass is 16.5. The molecule has 1 amide bonds. The van der Waals surface area contributed by atoms with Crippen LogP contribution in [0.2, 0.25) is 0 Å². The second-order valence-corrected chi connectivity index (χ2v) is 6.20. The molecule has 2 rings (SSSR count). The number of rotatable bonds is 9. The second kappa shape index (κ2) is 9.84. The van der Waals surface area contributed by atoms with Gasteiger partial charge < -0.3 is 15.4 Å². The molecule has 0 bridgehead atoms. The highest BCUT2D eigenvalue weighted by Gasteiger charge is 2.06. The van der Waals surface area contributed by atoms with Crippen molar-refractivity contribution in [2.75, 3.05) is 13.7 Å². The van der Waals surface area contributed by atoms with E-state index in [1.165, 1.54) is 5.56 Å². The van der Waals surface area contributed by atoms with Crippen LogP contribution < -0.4 is 15.4 Å². The van der Waals surface area contributed by atoms with Crippen molar-refractivity contribution in [3.05, 3.63) is 54.1 Å². The Morgan fingerprint density at radius 3 is 2.52 bits per heavy atom. The molecule has 0 aliphatic carbocycles. The van der Waals surface area contributed by atoms with Crippen molar-refractivity contribution in [3.63, 3.8) is 0 Å². The Labute approximate surface area is 150 Å². The maximum absolute atomic E-state index is 11.7. The van der Waals surface area contributed by atoms with Crippen molar-refractivity contribution in [2.24, 2.45) is 0 Å². The predicted molar refractivity (Wildman–Crippen MR) is 103 cm³/mol. The van der Waals surface area contributed by atoms with Gasteiger partial charge in [0.2, 0.25) is 5.91 Å². The fourth-order valence-electron chi connectivity index (χ4n) is 2.57. The summed E-state index contributed by atoms with van der Waals surface area (Å²) in [5.41, 5.74) is 3.42. The van der Waals surface area contributed by atoms with Gasteiger partial charge in [0.1, 0.15) is 5.75 Å². The van der Waals surface area contributed by atoms with Crippen LogP contribution in [0, 0.1) is 0 Å². The molecule has 1 atom stereocenters. The summed E-state index contributed by atoms with van der Waals surface area (Å²) in [5, 5.41) is 6.29. The number of amides is 1. The summed E-state index contributed by atoms with van der Waals surface area (Å²) in [4.78, 5) is 11.7. The molecule has 0 fully saturated rings. The fraction of sp³-hybridized carbons (Fsp3) is 0.381. The Morgan fingerprint density at radius 2 is 1.84 bits per heavy atom. The molecule has 4 nitrogen and oxygen atoms in total. The molecule has 0 aromatic heterocycles. The number of methoxy groups -OCH3 is 1. The van der Waals surface area contributed by atoms with Crippen molar-refractivity contribution in [1.82, 2.24) is 10.6 Å². The molecule has 0 aliphatic heterocycles. The number of para-hydroxylation sites is 1. The summed E-state index contributed by atoms with van der Waals surface area (Å²) in [6.07, 6.45) is 1.46. The zero-order valence-electron chi connectivity index (χ0n) is 15.3. The quantitative estimate of drug-likeness (QED) is 0.684. The maximum Gasteiger partial charge on any atom is 0.221 e. The molecule has 4 heteroatoms. The summed E-state index contributed by atoms with van der Waals surface area (Å²) in [7, 11) is 1.69. The highest BCUT2D eigenvalue weighted by molar-refractivity contribution is 5.76. The average Bonchev–Trinajstić information content (AvgIpc) is 2.65. The Balaban J connectivity index is 1.82. The van der Waals surface area contributed by atoms with Crippen molar-refractivity contribution < 1.29 is 9.53 Å². The van der Waals surface area contributed by atoms with E-state index in [9.17, 15) is 4.79 Å². The van der Waals surface area contributed by atoms with Gasteiger partial charge in [-0.25, -0.2) is 0 Å². The lowest BCUT2D eigenvalue weighted by molar-refractivity contribution is -0.121. The van der Waals surface area contributed by atoms with E-state index in [1.54, 1.807) is 7.11 Å².